The average Bonchev–Trinajstić information content (AvgIpc) is 2.44. The highest BCUT2D eigenvalue weighted by Gasteiger charge is 2.13. The quantitative estimate of drug-likeness (QED) is 0.606. The fraction of sp³-hybridized carbons (Fsp3) is 0.333. The van der Waals surface area contributed by atoms with Gasteiger partial charge in [-0.3, -0.25) is 0 Å². The van der Waals surface area contributed by atoms with Gasteiger partial charge in [-0.25, -0.2) is 0 Å². The zero-order valence-corrected chi connectivity index (χ0v) is 14.3. The van der Waals surface area contributed by atoms with Crippen LogP contribution < -0.4 is 0 Å². The van der Waals surface area contributed by atoms with Crippen LogP contribution >= 0.6 is 27.5 Å². The van der Waals surface area contributed by atoms with E-state index in [2.05, 4.69) is 66.2 Å². The van der Waals surface area contributed by atoms with Crippen LogP contribution in [0, 0.1) is 19.8 Å². The molecule has 2 heteroatoms. The molecule has 0 nitrogen and oxygen atoms in total. The normalized spacial score (nSPS) is 12.4. The van der Waals surface area contributed by atoms with Crippen LogP contribution in [0.5, 0.6) is 0 Å². The van der Waals surface area contributed by atoms with Crippen LogP contribution in [0.15, 0.2) is 46.9 Å². The first-order chi connectivity index (χ1) is 9.60. The van der Waals surface area contributed by atoms with Gasteiger partial charge >= 0.3 is 0 Å². The first-order valence-electron chi connectivity index (χ1n) is 6.95. The number of hydrogen-bond donors (Lipinski definition) is 0. The van der Waals surface area contributed by atoms with Crippen molar-refractivity contribution in [2.45, 2.75) is 26.7 Å². The Morgan fingerprint density at radius 2 is 1.70 bits per heavy atom. The Labute approximate surface area is 135 Å². The lowest BCUT2D eigenvalue weighted by Crippen LogP contribution is -2.11. The van der Waals surface area contributed by atoms with Crippen LogP contribution in [0.1, 0.15) is 22.3 Å². The van der Waals surface area contributed by atoms with Crippen LogP contribution in [0.3, 0.4) is 0 Å². The van der Waals surface area contributed by atoms with Crippen LogP contribution in [0.4, 0.5) is 0 Å². The van der Waals surface area contributed by atoms with Gasteiger partial charge in [0.05, 0.1) is 0 Å². The SMILES string of the molecule is Cc1ccc(C)c(CC(CCl)Cc2ccccc2Br)c1. The van der Waals surface area contributed by atoms with Crippen LogP contribution in [-0.4, -0.2) is 5.88 Å². The second-order valence-electron chi connectivity index (χ2n) is 5.45. The highest BCUT2D eigenvalue weighted by molar-refractivity contribution is 9.10. The molecule has 2 aromatic rings. The van der Waals surface area contributed by atoms with E-state index in [1.54, 1.807) is 0 Å². The zero-order valence-electron chi connectivity index (χ0n) is 12.0. The summed E-state index contributed by atoms with van der Waals surface area (Å²) in [5.74, 6) is 1.16. The Bertz CT molecular complexity index is 577. The van der Waals surface area contributed by atoms with E-state index in [0.717, 1.165) is 12.8 Å². The second kappa shape index (κ2) is 7.28. The van der Waals surface area contributed by atoms with E-state index in [1.165, 1.54) is 26.7 Å². The van der Waals surface area contributed by atoms with Crippen LogP contribution in [0.2, 0.25) is 0 Å². The van der Waals surface area contributed by atoms with E-state index in [4.69, 9.17) is 11.6 Å². The Kier molecular flexibility index (Phi) is 5.68. The van der Waals surface area contributed by atoms with Gasteiger partial charge in [-0.2, -0.15) is 0 Å². The molecular weight excluding hydrogens is 332 g/mol. The molecule has 0 fully saturated rings. The first-order valence-corrected chi connectivity index (χ1v) is 8.28. The molecule has 0 amide bonds. The van der Waals surface area contributed by atoms with Crippen molar-refractivity contribution < 1.29 is 0 Å². The lowest BCUT2D eigenvalue weighted by atomic mass is 9.91. The fourth-order valence-corrected chi connectivity index (χ4v) is 3.15. The highest BCUT2D eigenvalue weighted by atomic mass is 79.9. The molecule has 1 atom stereocenters. The van der Waals surface area contributed by atoms with E-state index in [1.807, 2.05) is 6.07 Å². The van der Waals surface area contributed by atoms with Crippen molar-refractivity contribution >= 4 is 27.5 Å². The number of alkyl halides is 1. The molecule has 0 N–H and O–H groups in total. The summed E-state index contributed by atoms with van der Waals surface area (Å²) in [5, 5.41) is 0. The Morgan fingerprint density at radius 1 is 1.00 bits per heavy atom. The summed E-state index contributed by atoms with van der Waals surface area (Å²) < 4.78 is 1.18. The maximum atomic E-state index is 6.20. The lowest BCUT2D eigenvalue weighted by Gasteiger charge is -2.17. The molecule has 0 saturated carbocycles. The molecule has 0 saturated heterocycles. The smallest absolute Gasteiger partial charge is 0.0258 e. The maximum Gasteiger partial charge on any atom is 0.0258 e. The van der Waals surface area contributed by atoms with Crippen molar-refractivity contribution in [1.29, 1.82) is 0 Å². The lowest BCUT2D eigenvalue weighted by molar-refractivity contribution is 0.581. The molecule has 0 aliphatic carbocycles. The number of hydrogen-bond acceptors (Lipinski definition) is 0. The standard InChI is InChI=1S/C18H20BrCl/c1-13-7-8-14(2)17(9-13)11-15(12-20)10-16-5-3-4-6-18(16)19/h3-9,15H,10-12H2,1-2H3. The van der Waals surface area contributed by atoms with E-state index < -0.39 is 0 Å². The van der Waals surface area contributed by atoms with Gasteiger partial charge in [-0.1, -0.05) is 57.9 Å². The van der Waals surface area contributed by atoms with Crippen LogP contribution in [0.25, 0.3) is 0 Å². The van der Waals surface area contributed by atoms with E-state index in [-0.39, 0.29) is 0 Å². The number of rotatable bonds is 5. The topological polar surface area (TPSA) is 0 Å². The molecule has 1 unspecified atom stereocenters. The maximum absolute atomic E-state index is 6.20. The molecule has 0 radical (unpaired) electrons. The monoisotopic (exact) mass is 350 g/mol. The summed E-state index contributed by atoms with van der Waals surface area (Å²) >= 11 is 9.82. The van der Waals surface area contributed by atoms with Gasteiger partial charge in [0.15, 0.2) is 0 Å². The summed E-state index contributed by atoms with van der Waals surface area (Å²) in [4.78, 5) is 0. The third-order valence-corrected chi connectivity index (χ3v) is 4.91. The van der Waals surface area contributed by atoms with Gasteiger partial charge in [0.25, 0.3) is 0 Å². The predicted molar refractivity (Wildman–Crippen MR) is 91.7 cm³/mol. The zero-order chi connectivity index (χ0) is 14.5. The fourth-order valence-electron chi connectivity index (χ4n) is 2.49. The molecule has 0 spiro atoms. The van der Waals surface area contributed by atoms with Gasteiger partial charge in [0.1, 0.15) is 0 Å². The molecule has 0 aliphatic heterocycles. The van der Waals surface area contributed by atoms with Crippen molar-refractivity contribution in [1.82, 2.24) is 0 Å². The summed E-state index contributed by atoms with van der Waals surface area (Å²) in [6.45, 7) is 4.32. The Hall–Kier alpha value is -0.790. The largest absolute Gasteiger partial charge is 0.126 e. The molecule has 2 rings (SSSR count). The van der Waals surface area contributed by atoms with E-state index in [9.17, 15) is 0 Å². The van der Waals surface area contributed by atoms with Crippen molar-refractivity contribution in [3.63, 3.8) is 0 Å². The third kappa shape index (κ3) is 4.10. The van der Waals surface area contributed by atoms with Crippen molar-refractivity contribution in [2.24, 2.45) is 5.92 Å². The second-order valence-corrected chi connectivity index (χ2v) is 6.61. The summed E-state index contributed by atoms with van der Waals surface area (Å²) in [6, 6.07) is 15.1. The van der Waals surface area contributed by atoms with E-state index in [0.29, 0.717) is 11.8 Å². The molecule has 2 aromatic carbocycles. The molecule has 0 heterocycles. The van der Waals surface area contributed by atoms with Crippen LogP contribution in [-0.2, 0) is 12.8 Å². The number of halogens is 2. The van der Waals surface area contributed by atoms with Gasteiger partial charge in [0, 0.05) is 10.4 Å². The average molecular weight is 352 g/mol. The molecule has 20 heavy (non-hydrogen) atoms. The molecular formula is C18H20BrCl. The molecule has 0 aliphatic rings. The number of aryl methyl sites for hydroxylation is 2. The first kappa shape index (κ1) is 15.6. The minimum Gasteiger partial charge on any atom is -0.126 e. The summed E-state index contributed by atoms with van der Waals surface area (Å²) in [5.41, 5.74) is 5.43. The van der Waals surface area contributed by atoms with Crippen molar-refractivity contribution in [2.75, 3.05) is 5.88 Å². The summed E-state index contributed by atoms with van der Waals surface area (Å²) in [6.07, 6.45) is 2.05. The van der Waals surface area contributed by atoms with Gasteiger partial charge in [0.2, 0.25) is 0 Å². The molecule has 106 valence electrons. The molecule has 0 aromatic heterocycles. The number of benzene rings is 2. The van der Waals surface area contributed by atoms with E-state index >= 15 is 0 Å². The van der Waals surface area contributed by atoms with Gasteiger partial charge < -0.3 is 0 Å². The Balaban J connectivity index is 2.13. The molecule has 0 bridgehead atoms. The van der Waals surface area contributed by atoms with Gasteiger partial charge in [-0.05, 0) is 55.4 Å². The Morgan fingerprint density at radius 3 is 2.40 bits per heavy atom. The summed E-state index contributed by atoms with van der Waals surface area (Å²) in [7, 11) is 0. The predicted octanol–water partition coefficient (Wildman–Crippen LogP) is 5.71. The highest BCUT2D eigenvalue weighted by Crippen LogP contribution is 2.23. The minimum absolute atomic E-state index is 0.468. The van der Waals surface area contributed by atoms with Crippen molar-refractivity contribution in [3.05, 3.63) is 69.2 Å². The third-order valence-electron chi connectivity index (χ3n) is 3.70. The van der Waals surface area contributed by atoms with Crippen molar-refractivity contribution in [3.8, 4) is 0 Å². The minimum atomic E-state index is 0.468. The van der Waals surface area contributed by atoms with Gasteiger partial charge in [-0.15, -0.1) is 11.6 Å².